The maximum absolute atomic E-state index is 5.89. The number of halogens is 1. The van der Waals surface area contributed by atoms with Gasteiger partial charge in [-0.3, -0.25) is 0 Å². The molecule has 2 aromatic rings. The van der Waals surface area contributed by atoms with Gasteiger partial charge in [0.15, 0.2) is 0 Å². The quantitative estimate of drug-likeness (QED) is 0.745. The summed E-state index contributed by atoms with van der Waals surface area (Å²) in [6, 6.07) is 12.1. The molecule has 4 heteroatoms. The van der Waals surface area contributed by atoms with Crippen LogP contribution in [0, 0.1) is 0 Å². The van der Waals surface area contributed by atoms with Crippen molar-refractivity contribution in [1.82, 2.24) is 5.32 Å². The number of thioether (sulfide) groups is 1. The van der Waals surface area contributed by atoms with Gasteiger partial charge in [-0.2, -0.15) is 0 Å². The number of hydrogen-bond acceptors (Lipinski definition) is 3. The highest BCUT2D eigenvalue weighted by Gasteiger charge is 2.13. The smallest absolute Gasteiger partial charge is 0.121 e. The first-order chi connectivity index (χ1) is 9.29. The van der Waals surface area contributed by atoms with Gasteiger partial charge in [-0.05, 0) is 49.4 Å². The normalized spacial score (nSPS) is 12.5. The molecule has 0 saturated carbocycles. The summed E-state index contributed by atoms with van der Waals surface area (Å²) in [5.41, 5.74) is 0. The zero-order chi connectivity index (χ0) is 13.5. The van der Waals surface area contributed by atoms with Crippen LogP contribution in [0.4, 0.5) is 0 Å². The number of rotatable bonds is 7. The molecular formula is C15H18ClNOS. The summed E-state index contributed by atoms with van der Waals surface area (Å²) in [7, 11) is 0. The maximum atomic E-state index is 5.89. The lowest BCUT2D eigenvalue weighted by atomic mass is 10.2. The minimum atomic E-state index is 0.246. The first-order valence-corrected chi connectivity index (χ1v) is 7.81. The van der Waals surface area contributed by atoms with E-state index in [-0.39, 0.29) is 6.04 Å². The van der Waals surface area contributed by atoms with Crippen molar-refractivity contribution >= 4 is 23.4 Å². The first kappa shape index (κ1) is 14.5. The third-order valence-electron chi connectivity index (χ3n) is 2.76. The number of benzene rings is 1. The summed E-state index contributed by atoms with van der Waals surface area (Å²) in [6.07, 6.45) is 2.84. The van der Waals surface area contributed by atoms with E-state index in [1.807, 2.05) is 36.4 Å². The molecule has 2 rings (SSSR count). The van der Waals surface area contributed by atoms with E-state index in [9.17, 15) is 0 Å². The summed E-state index contributed by atoms with van der Waals surface area (Å²) in [4.78, 5) is 1.22. The fraction of sp³-hybridized carbons (Fsp3) is 0.333. The van der Waals surface area contributed by atoms with Crippen molar-refractivity contribution < 1.29 is 4.42 Å². The van der Waals surface area contributed by atoms with Crippen molar-refractivity contribution in [2.45, 2.75) is 24.3 Å². The third kappa shape index (κ3) is 4.60. The standard InChI is InChI=1S/C15H18ClNOS/c1-2-9-17-14(15-4-3-10-18-15)11-19-13-7-5-12(16)6-8-13/h3-8,10,14,17H,2,9,11H2,1H3. The van der Waals surface area contributed by atoms with Crippen LogP contribution in [0.3, 0.4) is 0 Å². The Kier molecular flexibility index (Phi) is 5.83. The Labute approximate surface area is 123 Å². The molecule has 2 nitrogen and oxygen atoms in total. The van der Waals surface area contributed by atoms with Crippen molar-refractivity contribution in [1.29, 1.82) is 0 Å². The Morgan fingerprint density at radius 2 is 2.05 bits per heavy atom. The number of hydrogen-bond donors (Lipinski definition) is 1. The lowest BCUT2D eigenvalue weighted by Gasteiger charge is -2.15. The third-order valence-corrected chi connectivity index (χ3v) is 4.12. The van der Waals surface area contributed by atoms with E-state index >= 15 is 0 Å². The molecule has 1 aromatic carbocycles. The van der Waals surface area contributed by atoms with Crippen molar-refractivity contribution in [3.8, 4) is 0 Å². The lowest BCUT2D eigenvalue weighted by molar-refractivity contribution is 0.435. The van der Waals surface area contributed by atoms with Crippen LogP contribution >= 0.6 is 23.4 Å². The minimum Gasteiger partial charge on any atom is -0.468 e. The molecule has 0 fully saturated rings. The fourth-order valence-corrected chi connectivity index (χ4v) is 2.86. The second-order valence-electron chi connectivity index (χ2n) is 4.29. The van der Waals surface area contributed by atoms with E-state index in [1.54, 1.807) is 18.0 Å². The van der Waals surface area contributed by atoms with Gasteiger partial charge in [0, 0.05) is 15.7 Å². The molecule has 0 aliphatic rings. The van der Waals surface area contributed by atoms with Crippen molar-refractivity contribution in [2.75, 3.05) is 12.3 Å². The van der Waals surface area contributed by atoms with Crippen molar-refractivity contribution in [3.05, 3.63) is 53.4 Å². The fourth-order valence-electron chi connectivity index (χ4n) is 1.76. The molecule has 1 atom stereocenters. The Morgan fingerprint density at radius 3 is 2.68 bits per heavy atom. The van der Waals surface area contributed by atoms with Gasteiger partial charge < -0.3 is 9.73 Å². The zero-order valence-corrected chi connectivity index (χ0v) is 12.5. The largest absolute Gasteiger partial charge is 0.468 e. The topological polar surface area (TPSA) is 25.2 Å². The molecule has 0 aliphatic heterocycles. The van der Waals surface area contributed by atoms with Crippen LogP contribution in [0.2, 0.25) is 5.02 Å². The van der Waals surface area contributed by atoms with Gasteiger partial charge in [0.1, 0.15) is 5.76 Å². The molecular weight excluding hydrogens is 278 g/mol. The molecule has 1 aromatic heterocycles. The Bertz CT molecular complexity index is 469. The van der Waals surface area contributed by atoms with Crippen molar-refractivity contribution in [2.24, 2.45) is 0 Å². The van der Waals surface area contributed by atoms with Crippen LogP contribution in [-0.2, 0) is 0 Å². The molecule has 1 N–H and O–H groups in total. The van der Waals surface area contributed by atoms with Gasteiger partial charge in [-0.25, -0.2) is 0 Å². The molecule has 0 saturated heterocycles. The van der Waals surface area contributed by atoms with Crippen LogP contribution in [0.25, 0.3) is 0 Å². The average molecular weight is 296 g/mol. The van der Waals surface area contributed by atoms with Gasteiger partial charge in [0.25, 0.3) is 0 Å². The van der Waals surface area contributed by atoms with Crippen LogP contribution in [0.5, 0.6) is 0 Å². The molecule has 0 spiro atoms. The van der Waals surface area contributed by atoms with Gasteiger partial charge in [-0.15, -0.1) is 11.8 Å². The predicted octanol–water partition coefficient (Wildman–Crippen LogP) is 4.77. The molecule has 0 radical (unpaired) electrons. The van der Waals surface area contributed by atoms with Crippen molar-refractivity contribution in [3.63, 3.8) is 0 Å². The number of nitrogens with one attached hydrogen (secondary N) is 1. The molecule has 102 valence electrons. The van der Waals surface area contributed by atoms with Gasteiger partial charge in [0.2, 0.25) is 0 Å². The summed E-state index contributed by atoms with van der Waals surface area (Å²) in [5, 5.41) is 4.29. The first-order valence-electron chi connectivity index (χ1n) is 6.44. The lowest BCUT2D eigenvalue weighted by Crippen LogP contribution is -2.23. The SMILES string of the molecule is CCCNC(CSc1ccc(Cl)cc1)c1ccco1. The van der Waals surface area contributed by atoms with Gasteiger partial charge >= 0.3 is 0 Å². The molecule has 0 amide bonds. The van der Waals surface area contributed by atoms with Crippen LogP contribution in [-0.4, -0.2) is 12.3 Å². The maximum Gasteiger partial charge on any atom is 0.121 e. The van der Waals surface area contributed by atoms with Gasteiger partial charge in [-0.1, -0.05) is 18.5 Å². The van der Waals surface area contributed by atoms with E-state index in [4.69, 9.17) is 16.0 Å². The van der Waals surface area contributed by atoms with E-state index < -0.39 is 0 Å². The molecule has 1 unspecified atom stereocenters. The Balaban J connectivity index is 1.94. The molecule has 0 aliphatic carbocycles. The van der Waals surface area contributed by atoms with Crippen LogP contribution in [0.15, 0.2) is 52.0 Å². The molecule has 19 heavy (non-hydrogen) atoms. The number of furan rings is 1. The van der Waals surface area contributed by atoms with E-state index in [2.05, 4.69) is 12.2 Å². The average Bonchev–Trinajstić information content (AvgIpc) is 2.95. The van der Waals surface area contributed by atoms with E-state index in [1.165, 1.54) is 4.90 Å². The second kappa shape index (κ2) is 7.63. The highest BCUT2D eigenvalue weighted by atomic mass is 35.5. The zero-order valence-electron chi connectivity index (χ0n) is 10.9. The highest BCUT2D eigenvalue weighted by Crippen LogP contribution is 2.26. The summed E-state index contributed by atoms with van der Waals surface area (Å²) >= 11 is 7.69. The van der Waals surface area contributed by atoms with Crippen LogP contribution in [0.1, 0.15) is 25.1 Å². The Morgan fingerprint density at radius 1 is 1.26 bits per heavy atom. The Hall–Kier alpha value is -0.900. The summed E-state index contributed by atoms with van der Waals surface area (Å²) in [6.45, 7) is 3.16. The molecule has 1 heterocycles. The highest BCUT2D eigenvalue weighted by molar-refractivity contribution is 7.99. The monoisotopic (exact) mass is 295 g/mol. The van der Waals surface area contributed by atoms with Crippen LogP contribution < -0.4 is 5.32 Å². The van der Waals surface area contributed by atoms with E-state index in [0.717, 1.165) is 29.5 Å². The predicted molar refractivity (Wildman–Crippen MR) is 81.9 cm³/mol. The summed E-state index contributed by atoms with van der Waals surface area (Å²) in [5.74, 6) is 1.93. The van der Waals surface area contributed by atoms with E-state index in [0.29, 0.717) is 0 Å². The minimum absolute atomic E-state index is 0.246. The van der Waals surface area contributed by atoms with Gasteiger partial charge in [0.05, 0.1) is 12.3 Å². The molecule has 0 bridgehead atoms. The summed E-state index contributed by atoms with van der Waals surface area (Å²) < 4.78 is 5.50. The second-order valence-corrected chi connectivity index (χ2v) is 5.82.